The van der Waals surface area contributed by atoms with Crippen LogP contribution >= 0.6 is 23.2 Å². The molecular formula is C31H31Cl2F2N3O11S. The van der Waals surface area contributed by atoms with Gasteiger partial charge in [0.2, 0.25) is 15.9 Å². The number of rotatable bonds is 17. The number of methoxy groups -OCH3 is 1. The van der Waals surface area contributed by atoms with Gasteiger partial charge in [-0.25, -0.2) is 18.0 Å². The number of sulfonamides is 1. The fraction of sp³-hybridized carbons (Fsp3) is 0.355. The third-order valence-corrected chi connectivity index (χ3v) is 8.93. The Morgan fingerprint density at radius 3 is 2.30 bits per heavy atom. The van der Waals surface area contributed by atoms with E-state index in [0.717, 1.165) is 37.6 Å². The number of carbonyl (C=O) groups is 3. The highest BCUT2D eigenvalue weighted by Crippen LogP contribution is 2.38. The number of anilines is 1. The van der Waals surface area contributed by atoms with Gasteiger partial charge in [-0.05, 0) is 54.7 Å². The zero-order valence-corrected chi connectivity index (χ0v) is 28.8. The van der Waals surface area contributed by atoms with Crippen molar-refractivity contribution in [2.24, 2.45) is 11.7 Å². The highest BCUT2D eigenvalue weighted by Gasteiger charge is 2.28. The normalized spacial score (nSPS) is 13.3. The number of primary amides is 1. The molecule has 14 nitrogen and oxygen atoms in total. The van der Waals surface area contributed by atoms with Crippen molar-refractivity contribution in [2.75, 3.05) is 37.4 Å². The topological polar surface area (TPSA) is 188 Å². The third kappa shape index (κ3) is 10.4. The molecule has 1 fully saturated rings. The summed E-state index contributed by atoms with van der Waals surface area (Å²) in [6.45, 7) is -4.61. The standard InChI is InChI=1S/C31H31Cl2F2N3O11S/c1-45-24-7-6-19(9-23(24)38(14-28(36)39)50(2,43)44)30(41)47-16-29(40)48-26(11-20-21(32)12-37(42)13-22(20)33)18-5-8-25(49-31(34)35)27(10-18)46-15-17-3-4-17/h5-10,12-13,17,26,31H,3-4,11,14-16H2,1-2H3,(H2,36,39). The van der Waals surface area contributed by atoms with Gasteiger partial charge in [0.25, 0.3) is 0 Å². The first-order chi connectivity index (χ1) is 23.5. The van der Waals surface area contributed by atoms with E-state index in [1.54, 1.807) is 0 Å². The van der Waals surface area contributed by atoms with Crippen molar-refractivity contribution in [1.82, 2.24) is 0 Å². The van der Waals surface area contributed by atoms with Crippen LogP contribution in [0.2, 0.25) is 10.0 Å². The Morgan fingerprint density at radius 1 is 1.06 bits per heavy atom. The van der Waals surface area contributed by atoms with Gasteiger partial charge in [-0.1, -0.05) is 29.3 Å². The van der Waals surface area contributed by atoms with Crippen molar-refractivity contribution in [1.29, 1.82) is 0 Å². The molecule has 1 aliphatic rings. The van der Waals surface area contributed by atoms with Crippen molar-refractivity contribution < 1.29 is 60.0 Å². The van der Waals surface area contributed by atoms with Gasteiger partial charge in [-0.3, -0.25) is 9.10 Å². The highest BCUT2D eigenvalue weighted by atomic mass is 35.5. The van der Waals surface area contributed by atoms with Crippen molar-refractivity contribution in [3.8, 4) is 17.2 Å². The quantitative estimate of drug-likeness (QED) is 0.119. The Balaban J connectivity index is 1.58. The number of amides is 1. The first-order valence-corrected chi connectivity index (χ1v) is 17.2. The number of benzene rings is 2. The minimum atomic E-state index is -4.07. The lowest BCUT2D eigenvalue weighted by Gasteiger charge is -2.23. The number of carbonyl (C=O) groups excluding carboxylic acids is 3. The van der Waals surface area contributed by atoms with E-state index in [1.807, 2.05) is 0 Å². The molecule has 2 N–H and O–H groups in total. The molecule has 0 aliphatic heterocycles. The maximum atomic E-state index is 13.1. The van der Waals surface area contributed by atoms with E-state index in [9.17, 15) is 36.8 Å². The maximum Gasteiger partial charge on any atom is 0.387 e. The van der Waals surface area contributed by atoms with Crippen LogP contribution in [0.15, 0.2) is 48.8 Å². The molecule has 3 aromatic rings. The van der Waals surface area contributed by atoms with Crippen LogP contribution in [0.3, 0.4) is 0 Å². The van der Waals surface area contributed by atoms with Crippen LogP contribution in [0.4, 0.5) is 14.5 Å². The van der Waals surface area contributed by atoms with Crippen LogP contribution in [-0.2, 0) is 35.5 Å². The summed E-state index contributed by atoms with van der Waals surface area (Å²) in [5.41, 5.74) is 5.24. The Hall–Kier alpha value is -4.61. The van der Waals surface area contributed by atoms with E-state index in [4.69, 9.17) is 47.9 Å². The van der Waals surface area contributed by atoms with Gasteiger partial charge in [-0.15, -0.1) is 0 Å². The predicted molar refractivity (Wildman–Crippen MR) is 174 cm³/mol. The van der Waals surface area contributed by atoms with E-state index in [1.165, 1.54) is 37.4 Å². The lowest BCUT2D eigenvalue weighted by molar-refractivity contribution is -0.605. The number of esters is 2. The van der Waals surface area contributed by atoms with Crippen LogP contribution in [-0.4, -0.2) is 66.0 Å². The average molecular weight is 763 g/mol. The summed E-state index contributed by atoms with van der Waals surface area (Å²) in [6, 6.07) is 7.47. The largest absolute Gasteiger partial charge is 0.619 e. The van der Waals surface area contributed by atoms with Crippen LogP contribution < -0.4 is 29.0 Å². The first kappa shape index (κ1) is 38.2. The van der Waals surface area contributed by atoms with Gasteiger partial charge in [-0.2, -0.15) is 13.5 Å². The van der Waals surface area contributed by atoms with Crippen LogP contribution in [0.25, 0.3) is 0 Å². The number of ether oxygens (including phenoxy) is 5. The number of halogens is 4. The Labute approximate surface area is 295 Å². The van der Waals surface area contributed by atoms with E-state index in [0.29, 0.717) is 9.04 Å². The van der Waals surface area contributed by atoms with Crippen molar-refractivity contribution >= 4 is 56.8 Å². The van der Waals surface area contributed by atoms with Gasteiger partial charge in [0.1, 0.15) is 28.4 Å². The van der Waals surface area contributed by atoms with E-state index in [2.05, 4.69) is 4.74 Å². The molecule has 2 aromatic carbocycles. The number of aromatic nitrogens is 1. The highest BCUT2D eigenvalue weighted by molar-refractivity contribution is 7.92. The molecule has 0 saturated heterocycles. The summed E-state index contributed by atoms with van der Waals surface area (Å²) in [4.78, 5) is 37.7. The molecule has 4 rings (SSSR count). The fourth-order valence-corrected chi connectivity index (χ4v) is 6.06. The van der Waals surface area contributed by atoms with Gasteiger partial charge in [0, 0.05) is 12.0 Å². The lowest BCUT2D eigenvalue weighted by atomic mass is 10.0. The number of alkyl halides is 2. The molecule has 19 heteroatoms. The molecule has 1 heterocycles. The molecule has 1 aromatic heterocycles. The second-order valence-electron chi connectivity index (χ2n) is 11.0. The molecule has 0 spiro atoms. The number of hydrogen-bond acceptors (Lipinski definition) is 11. The summed E-state index contributed by atoms with van der Waals surface area (Å²) in [6.07, 6.45) is 3.27. The molecule has 50 heavy (non-hydrogen) atoms. The zero-order chi connectivity index (χ0) is 36.7. The Kier molecular flexibility index (Phi) is 12.5. The van der Waals surface area contributed by atoms with E-state index in [-0.39, 0.29) is 68.6 Å². The Morgan fingerprint density at radius 2 is 1.72 bits per heavy atom. The van der Waals surface area contributed by atoms with E-state index >= 15 is 0 Å². The molecule has 1 unspecified atom stereocenters. The van der Waals surface area contributed by atoms with Gasteiger partial charge >= 0.3 is 18.6 Å². The fourth-order valence-electron chi connectivity index (χ4n) is 4.60. The summed E-state index contributed by atoms with van der Waals surface area (Å²) in [5.74, 6) is -3.18. The van der Waals surface area contributed by atoms with Crippen molar-refractivity contribution in [3.05, 3.63) is 80.7 Å². The maximum absolute atomic E-state index is 13.1. The van der Waals surface area contributed by atoms with Gasteiger partial charge < -0.3 is 34.6 Å². The van der Waals surface area contributed by atoms with Crippen molar-refractivity contribution in [2.45, 2.75) is 32.0 Å². The predicted octanol–water partition coefficient (Wildman–Crippen LogP) is 3.96. The van der Waals surface area contributed by atoms with Crippen LogP contribution in [0.5, 0.6) is 17.2 Å². The van der Waals surface area contributed by atoms with Crippen LogP contribution in [0.1, 0.15) is 40.4 Å². The summed E-state index contributed by atoms with van der Waals surface area (Å²) in [7, 11) is -2.83. The summed E-state index contributed by atoms with van der Waals surface area (Å²) in [5, 5.41) is 11.7. The number of nitrogens with zero attached hydrogens (tertiary/aromatic N) is 2. The minimum absolute atomic E-state index is 0.0124. The minimum Gasteiger partial charge on any atom is -0.619 e. The molecule has 1 atom stereocenters. The second-order valence-corrected chi connectivity index (χ2v) is 13.7. The first-order valence-electron chi connectivity index (χ1n) is 14.6. The van der Waals surface area contributed by atoms with Crippen molar-refractivity contribution in [3.63, 3.8) is 0 Å². The molecular weight excluding hydrogens is 731 g/mol. The molecule has 0 bridgehead atoms. The summed E-state index contributed by atoms with van der Waals surface area (Å²) < 4.78 is 78.4. The zero-order valence-electron chi connectivity index (χ0n) is 26.5. The molecule has 1 aliphatic carbocycles. The molecule has 270 valence electrons. The monoisotopic (exact) mass is 761 g/mol. The molecule has 1 saturated carbocycles. The second kappa shape index (κ2) is 16.4. The van der Waals surface area contributed by atoms with Crippen LogP contribution in [0, 0.1) is 11.1 Å². The lowest BCUT2D eigenvalue weighted by Crippen LogP contribution is -2.38. The molecule has 1 amide bonds. The number of hydrogen-bond donors (Lipinski definition) is 1. The number of nitrogens with two attached hydrogens (primary N) is 1. The molecule has 0 radical (unpaired) electrons. The van der Waals surface area contributed by atoms with Gasteiger partial charge in [0.15, 0.2) is 30.5 Å². The Bertz CT molecular complexity index is 1840. The third-order valence-electron chi connectivity index (χ3n) is 7.15. The average Bonchev–Trinajstić information content (AvgIpc) is 3.86. The number of pyridine rings is 1. The van der Waals surface area contributed by atoms with Gasteiger partial charge in [0.05, 0.1) is 31.2 Å². The van der Waals surface area contributed by atoms with E-state index < -0.39 is 53.7 Å². The SMILES string of the molecule is COc1ccc(C(=O)OCC(=O)OC(Cc2c(Cl)c[n+]([O-])cc2Cl)c2ccc(OC(F)F)c(OCC3CC3)c2)cc1N(CC(N)=O)S(C)(=O)=O. The smallest absolute Gasteiger partial charge is 0.387 e. The summed E-state index contributed by atoms with van der Waals surface area (Å²) >= 11 is 12.5.